The molecule has 2 aromatic rings. The summed E-state index contributed by atoms with van der Waals surface area (Å²) in [6, 6.07) is 9.37. The molecule has 3 N–H and O–H groups in total. The van der Waals surface area contributed by atoms with Crippen LogP contribution in [0.15, 0.2) is 64.2 Å². The highest BCUT2D eigenvalue weighted by Gasteiger charge is 2.24. The predicted molar refractivity (Wildman–Crippen MR) is 124 cm³/mol. The van der Waals surface area contributed by atoms with Gasteiger partial charge in [0, 0.05) is 13.0 Å². The number of amides is 1. The van der Waals surface area contributed by atoms with Crippen molar-refractivity contribution < 1.29 is 4.79 Å². The molecule has 1 aliphatic carbocycles. The second-order valence-corrected chi connectivity index (χ2v) is 7.80. The number of hydrogen-bond donors (Lipinski definition) is 2. The lowest BCUT2D eigenvalue weighted by molar-refractivity contribution is -0.118. The van der Waals surface area contributed by atoms with E-state index in [1.807, 2.05) is 30.3 Å². The van der Waals surface area contributed by atoms with Crippen molar-refractivity contribution in [1.29, 1.82) is 0 Å². The van der Waals surface area contributed by atoms with Crippen LogP contribution < -0.4 is 21.9 Å². The van der Waals surface area contributed by atoms with Gasteiger partial charge < -0.3 is 10.6 Å². The maximum absolute atomic E-state index is 13.0. The molecule has 0 spiro atoms. The number of anilines is 2. The minimum absolute atomic E-state index is 0.00202. The number of nitrogens with zero attached hydrogens (tertiary/aromatic N) is 2. The molecular formula is C24H30N4O3. The summed E-state index contributed by atoms with van der Waals surface area (Å²) >= 11 is 0. The molecule has 0 saturated heterocycles. The zero-order valence-corrected chi connectivity index (χ0v) is 17.8. The molecule has 0 bridgehead atoms. The molecule has 31 heavy (non-hydrogen) atoms. The highest BCUT2D eigenvalue weighted by molar-refractivity contribution is 5.95. The standard InChI is InChI=1S/C24H30N4O3/c1-2-3-14-20(29)27(16-15-18-10-6-4-7-11-18)21-22(25)28(24(31)26-23(21)30)17-19-12-8-5-9-13-19/h2,5,8-10,12-13H,1,3-4,6-7,11,14-17,25H2,(H,26,30,31). The monoisotopic (exact) mass is 422 g/mol. The van der Waals surface area contributed by atoms with E-state index in [1.165, 1.54) is 21.5 Å². The summed E-state index contributed by atoms with van der Waals surface area (Å²) in [5.74, 6) is -0.208. The molecule has 1 heterocycles. The van der Waals surface area contributed by atoms with Gasteiger partial charge in [-0.25, -0.2) is 4.79 Å². The van der Waals surface area contributed by atoms with Crippen LogP contribution in [0.5, 0.6) is 0 Å². The minimum atomic E-state index is -0.642. The second kappa shape index (κ2) is 10.6. The molecule has 7 nitrogen and oxygen atoms in total. The Labute approximate surface area is 181 Å². The van der Waals surface area contributed by atoms with Crippen molar-refractivity contribution in [2.45, 2.75) is 51.5 Å². The Balaban J connectivity index is 1.97. The van der Waals surface area contributed by atoms with Crippen LogP contribution in [-0.4, -0.2) is 22.0 Å². The lowest BCUT2D eigenvalue weighted by Crippen LogP contribution is -2.41. The Hall–Kier alpha value is -3.35. The largest absolute Gasteiger partial charge is 0.383 e. The number of nitrogens with one attached hydrogen (secondary N) is 1. The summed E-state index contributed by atoms with van der Waals surface area (Å²) in [5, 5.41) is 0. The van der Waals surface area contributed by atoms with Gasteiger partial charge in [-0.1, -0.05) is 48.1 Å². The van der Waals surface area contributed by atoms with Gasteiger partial charge in [-0.15, -0.1) is 6.58 Å². The van der Waals surface area contributed by atoms with Crippen LogP contribution in [0.3, 0.4) is 0 Å². The van der Waals surface area contributed by atoms with E-state index in [0.29, 0.717) is 19.4 Å². The summed E-state index contributed by atoms with van der Waals surface area (Å²) < 4.78 is 1.31. The Morgan fingerprint density at radius 3 is 2.68 bits per heavy atom. The third-order valence-electron chi connectivity index (χ3n) is 5.57. The average Bonchev–Trinajstić information content (AvgIpc) is 2.78. The number of carbonyl (C=O) groups is 1. The van der Waals surface area contributed by atoms with Crippen molar-refractivity contribution in [1.82, 2.24) is 9.55 Å². The number of nitrogens with two attached hydrogens (primary N) is 1. The number of allylic oxidation sites excluding steroid dienone is 2. The molecule has 1 aromatic heterocycles. The Morgan fingerprint density at radius 1 is 1.23 bits per heavy atom. The molecule has 7 heteroatoms. The van der Waals surface area contributed by atoms with Gasteiger partial charge in [-0.2, -0.15) is 0 Å². The second-order valence-electron chi connectivity index (χ2n) is 7.80. The van der Waals surface area contributed by atoms with Crippen LogP contribution in [0.1, 0.15) is 50.5 Å². The molecule has 0 radical (unpaired) electrons. The first-order valence-corrected chi connectivity index (χ1v) is 10.8. The molecule has 1 aromatic carbocycles. The summed E-state index contributed by atoms with van der Waals surface area (Å²) in [5.41, 5.74) is 7.29. The number of H-pyrrole nitrogens is 1. The van der Waals surface area contributed by atoms with E-state index in [-0.39, 0.29) is 30.4 Å². The van der Waals surface area contributed by atoms with E-state index in [2.05, 4.69) is 17.6 Å². The Bertz CT molecular complexity index is 1070. The van der Waals surface area contributed by atoms with Crippen molar-refractivity contribution in [3.8, 4) is 0 Å². The summed E-state index contributed by atoms with van der Waals surface area (Å²) in [7, 11) is 0. The topological polar surface area (TPSA) is 101 Å². The van der Waals surface area contributed by atoms with Crippen LogP contribution in [0.2, 0.25) is 0 Å². The molecule has 0 saturated carbocycles. The quantitative estimate of drug-likeness (QED) is 0.605. The number of rotatable bonds is 9. The number of hydrogen-bond acceptors (Lipinski definition) is 4. The molecule has 0 fully saturated rings. The molecule has 1 amide bonds. The third kappa shape index (κ3) is 5.63. The lowest BCUT2D eigenvalue weighted by atomic mass is 9.97. The number of carbonyl (C=O) groups excluding carboxylic acids is 1. The van der Waals surface area contributed by atoms with Gasteiger partial charge in [-0.3, -0.25) is 19.1 Å². The van der Waals surface area contributed by atoms with E-state index in [1.54, 1.807) is 6.08 Å². The fraction of sp³-hybridized carbons (Fsp3) is 0.375. The highest BCUT2D eigenvalue weighted by Crippen LogP contribution is 2.24. The van der Waals surface area contributed by atoms with Crippen LogP contribution in [0, 0.1) is 0 Å². The molecule has 3 rings (SSSR count). The molecule has 164 valence electrons. The smallest absolute Gasteiger partial charge is 0.330 e. The summed E-state index contributed by atoms with van der Waals surface area (Å²) in [4.78, 5) is 42.0. The maximum Gasteiger partial charge on any atom is 0.330 e. The normalized spacial score (nSPS) is 13.5. The number of nitrogen functional groups attached to an aromatic ring is 1. The highest BCUT2D eigenvalue weighted by atomic mass is 16.2. The molecule has 1 aliphatic rings. The van der Waals surface area contributed by atoms with E-state index in [9.17, 15) is 14.4 Å². The van der Waals surface area contributed by atoms with Gasteiger partial charge in [0.15, 0.2) is 5.69 Å². The summed E-state index contributed by atoms with van der Waals surface area (Å²) in [6.45, 7) is 4.22. The van der Waals surface area contributed by atoms with Gasteiger partial charge in [-0.05, 0) is 44.1 Å². The first-order valence-electron chi connectivity index (χ1n) is 10.8. The van der Waals surface area contributed by atoms with Gasteiger partial charge in [0.05, 0.1) is 6.54 Å². The van der Waals surface area contributed by atoms with Gasteiger partial charge in [0.25, 0.3) is 5.56 Å². The average molecular weight is 423 g/mol. The molecular weight excluding hydrogens is 392 g/mol. The Kier molecular flexibility index (Phi) is 7.65. The fourth-order valence-electron chi connectivity index (χ4n) is 3.87. The van der Waals surface area contributed by atoms with E-state index in [4.69, 9.17) is 5.73 Å². The SMILES string of the molecule is C=CCCC(=O)N(CCC1=CCCCC1)c1c(N)n(Cc2ccccc2)c(=O)[nH]c1=O. The summed E-state index contributed by atoms with van der Waals surface area (Å²) in [6.07, 6.45) is 9.67. The first kappa shape index (κ1) is 22.3. The van der Waals surface area contributed by atoms with Crippen molar-refractivity contribution >= 4 is 17.4 Å². The fourth-order valence-corrected chi connectivity index (χ4v) is 3.87. The molecule has 0 aliphatic heterocycles. The van der Waals surface area contributed by atoms with Crippen molar-refractivity contribution in [3.05, 3.63) is 81.0 Å². The molecule has 0 unspecified atom stereocenters. The molecule has 0 atom stereocenters. The predicted octanol–water partition coefficient (Wildman–Crippen LogP) is 3.36. The van der Waals surface area contributed by atoms with Crippen LogP contribution in [-0.2, 0) is 11.3 Å². The van der Waals surface area contributed by atoms with E-state index < -0.39 is 11.2 Å². The van der Waals surface area contributed by atoms with Crippen LogP contribution in [0.4, 0.5) is 11.5 Å². The van der Waals surface area contributed by atoms with E-state index >= 15 is 0 Å². The zero-order valence-electron chi connectivity index (χ0n) is 17.8. The maximum atomic E-state index is 13.0. The van der Waals surface area contributed by atoms with Crippen LogP contribution in [0.25, 0.3) is 0 Å². The van der Waals surface area contributed by atoms with Crippen molar-refractivity contribution in [3.63, 3.8) is 0 Å². The Morgan fingerprint density at radius 2 is 2.00 bits per heavy atom. The van der Waals surface area contributed by atoms with Gasteiger partial charge in [0.2, 0.25) is 5.91 Å². The van der Waals surface area contributed by atoms with Crippen LogP contribution >= 0.6 is 0 Å². The number of aromatic amines is 1. The van der Waals surface area contributed by atoms with Crippen molar-refractivity contribution in [2.24, 2.45) is 0 Å². The van der Waals surface area contributed by atoms with Gasteiger partial charge >= 0.3 is 5.69 Å². The van der Waals surface area contributed by atoms with Gasteiger partial charge in [0.1, 0.15) is 5.82 Å². The first-order chi connectivity index (χ1) is 15.0. The zero-order chi connectivity index (χ0) is 22.2. The minimum Gasteiger partial charge on any atom is -0.383 e. The van der Waals surface area contributed by atoms with E-state index in [0.717, 1.165) is 24.8 Å². The number of benzene rings is 1. The third-order valence-corrected chi connectivity index (χ3v) is 5.57. The van der Waals surface area contributed by atoms with Crippen molar-refractivity contribution in [2.75, 3.05) is 17.2 Å². The lowest BCUT2D eigenvalue weighted by Gasteiger charge is -2.25. The number of aromatic nitrogens is 2.